The fourth-order valence-corrected chi connectivity index (χ4v) is 3.42. The lowest BCUT2D eigenvalue weighted by atomic mass is 10.2. The molecule has 0 spiro atoms. The Morgan fingerprint density at radius 1 is 1.18 bits per heavy atom. The summed E-state index contributed by atoms with van der Waals surface area (Å²) >= 11 is 0. The average Bonchev–Trinajstić information content (AvgIpc) is 3.56. The molecule has 1 aliphatic heterocycles. The molecule has 1 aromatic heterocycles. The largest absolute Gasteiger partial charge is 0.381 e. The van der Waals surface area contributed by atoms with Crippen LogP contribution in [0.15, 0.2) is 23.3 Å². The molecule has 156 valence electrons. The van der Waals surface area contributed by atoms with E-state index < -0.39 is 0 Å². The first-order valence-electron chi connectivity index (χ1n) is 11.1. The molecule has 1 saturated heterocycles. The maximum atomic E-state index is 5.69. The predicted molar refractivity (Wildman–Crippen MR) is 116 cm³/mol. The minimum Gasteiger partial charge on any atom is -0.381 e. The minimum absolute atomic E-state index is 0.640. The van der Waals surface area contributed by atoms with Crippen LogP contribution >= 0.6 is 0 Å². The van der Waals surface area contributed by atoms with Crippen molar-refractivity contribution in [1.82, 2.24) is 15.6 Å². The first kappa shape index (κ1) is 20.9. The number of pyridine rings is 1. The molecule has 2 aliphatic rings. The molecule has 0 radical (unpaired) electrons. The highest BCUT2D eigenvalue weighted by molar-refractivity contribution is 5.79. The molecule has 3 rings (SSSR count). The van der Waals surface area contributed by atoms with Gasteiger partial charge in [0, 0.05) is 45.6 Å². The van der Waals surface area contributed by atoms with Gasteiger partial charge in [-0.25, -0.2) is 9.98 Å². The molecule has 1 aliphatic carbocycles. The van der Waals surface area contributed by atoms with Gasteiger partial charge in [0.2, 0.25) is 0 Å². The van der Waals surface area contributed by atoms with Crippen molar-refractivity contribution >= 4 is 11.8 Å². The van der Waals surface area contributed by atoms with Gasteiger partial charge in [0.15, 0.2) is 5.96 Å². The summed E-state index contributed by atoms with van der Waals surface area (Å²) in [6.45, 7) is 8.49. The predicted octanol–water partition coefficient (Wildman–Crippen LogP) is 3.33. The first-order valence-corrected chi connectivity index (χ1v) is 11.1. The number of guanidine groups is 1. The van der Waals surface area contributed by atoms with Gasteiger partial charge in [-0.05, 0) is 56.6 Å². The van der Waals surface area contributed by atoms with E-state index in [0.29, 0.717) is 6.54 Å². The molecule has 2 heterocycles. The van der Waals surface area contributed by atoms with Gasteiger partial charge in [-0.3, -0.25) is 0 Å². The summed E-state index contributed by atoms with van der Waals surface area (Å²) in [5.74, 6) is 2.80. The van der Waals surface area contributed by atoms with Gasteiger partial charge in [-0.15, -0.1) is 0 Å². The normalized spacial score (nSPS) is 18.0. The van der Waals surface area contributed by atoms with Crippen LogP contribution in [-0.4, -0.2) is 50.3 Å². The summed E-state index contributed by atoms with van der Waals surface area (Å²) in [5, 5.41) is 6.71. The number of ether oxygens (including phenoxy) is 1. The topological polar surface area (TPSA) is 61.8 Å². The summed E-state index contributed by atoms with van der Waals surface area (Å²) in [5.41, 5.74) is 1.14. The smallest absolute Gasteiger partial charge is 0.191 e. The van der Waals surface area contributed by atoms with Crippen molar-refractivity contribution in [3.8, 4) is 0 Å². The second-order valence-electron chi connectivity index (χ2n) is 7.92. The third kappa shape index (κ3) is 7.66. The van der Waals surface area contributed by atoms with Crippen molar-refractivity contribution < 1.29 is 4.74 Å². The van der Waals surface area contributed by atoms with Crippen LogP contribution in [0.5, 0.6) is 0 Å². The van der Waals surface area contributed by atoms with Crippen molar-refractivity contribution in [3.63, 3.8) is 0 Å². The van der Waals surface area contributed by atoms with Crippen LogP contribution in [0.2, 0.25) is 0 Å². The molecular formula is C22H37N5O. The zero-order valence-corrected chi connectivity index (χ0v) is 17.5. The lowest BCUT2D eigenvalue weighted by Gasteiger charge is -2.21. The second-order valence-corrected chi connectivity index (χ2v) is 7.92. The van der Waals surface area contributed by atoms with E-state index in [2.05, 4.69) is 39.6 Å². The van der Waals surface area contributed by atoms with Gasteiger partial charge in [-0.2, -0.15) is 0 Å². The minimum atomic E-state index is 0.640. The van der Waals surface area contributed by atoms with Crippen LogP contribution < -0.4 is 15.5 Å². The Labute approximate surface area is 170 Å². The van der Waals surface area contributed by atoms with Crippen LogP contribution in [0.1, 0.15) is 57.4 Å². The van der Waals surface area contributed by atoms with Gasteiger partial charge in [0.1, 0.15) is 5.82 Å². The number of aromatic nitrogens is 1. The third-order valence-corrected chi connectivity index (χ3v) is 5.31. The highest BCUT2D eigenvalue weighted by atomic mass is 16.5. The molecule has 1 aromatic rings. The Morgan fingerprint density at radius 2 is 2.00 bits per heavy atom. The zero-order valence-electron chi connectivity index (χ0n) is 17.5. The number of nitrogens with one attached hydrogen (secondary N) is 2. The first-order chi connectivity index (χ1) is 13.8. The molecule has 6 heteroatoms. The lowest BCUT2D eigenvalue weighted by Crippen LogP contribution is -2.38. The van der Waals surface area contributed by atoms with Gasteiger partial charge < -0.3 is 20.3 Å². The number of aliphatic imine (C=N–C) groups is 1. The Hall–Kier alpha value is -1.82. The van der Waals surface area contributed by atoms with E-state index in [9.17, 15) is 0 Å². The molecule has 2 fully saturated rings. The lowest BCUT2D eigenvalue weighted by molar-refractivity contribution is 0.123. The van der Waals surface area contributed by atoms with Crippen molar-refractivity contribution in [1.29, 1.82) is 0 Å². The van der Waals surface area contributed by atoms with E-state index in [1.54, 1.807) is 0 Å². The number of hydrogen-bond acceptors (Lipinski definition) is 4. The molecule has 0 amide bonds. The molecule has 0 aromatic carbocycles. The second kappa shape index (κ2) is 11.9. The van der Waals surface area contributed by atoms with Crippen molar-refractivity contribution in [2.75, 3.05) is 44.3 Å². The highest BCUT2D eigenvalue weighted by Crippen LogP contribution is 2.28. The summed E-state index contributed by atoms with van der Waals surface area (Å²) in [6.07, 6.45) is 10.9. The van der Waals surface area contributed by atoms with E-state index in [1.807, 2.05) is 6.20 Å². The summed E-state index contributed by atoms with van der Waals surface area (Å²) in [4.78, 5) is 11.8. The Balaban J connectivity index is 1.40. The Morgan fingerprint density at radius 3 is 2.68 bits per heavy atom. The quantitative estimate of drug-likeness (QED) is 0.366. The van der Waals surface area contributed by atoms with E-state index in [-0.39, 0.29) is 0 Å². The van der Waals surface area contributed by atoms with E-state index >= 15 is 0 Å². The summed E-state index contributed by atoms with van der Waals surface area (Å²) in [7, 11) is 0. The Kier molecular flexibility index (Phi) is 8.88. The van der Waals surface area contributed by atoms with Gasteiger partial charge in [0.25, 0.3) is 0 Å². The molecule has 0 unspecified atom stereocenters. The summed E-state index contributed by atoms with van der Waals surface area (Å²) < 4.78 is 5.69. The standard InChI is InChI=1S/C22H37N5O/c1-2-23-22(24-12-7-15-28-18-19-8-9-19)26-17-20-10-11-21(25-16-20)27-13-5-3-4-6-14-27/h10-11,16,19H,2-9,12-15,17-18H2,1H3,(H2,23,24,26). The van der Waals surface area contributed by atoms with Crippen LogP contribution in [0.3, 0.4) is 0 Å². The van der Waals surface area contributed by atoms with E-state index in [0.717, 1.165) is 69.1 Å². The number of rotatable bonds is 10. The number of anilines is 1. The van der Waals surface area contributed by atoms with Gasteiger partial charge in [-0.1, -0.05) is 18.9 Å². The third-order valence-electron chi connectivity index (χ3n) is 5.31. The maximum Gasteiger partial charge on any atom is 0.191 e. The molecule has 6 nitrogen and oxygen atoms in total. The van der Waals surface area contributed by atoms with Crippen LogP contribution in [0.4, 0.5) is 5.82 Å². The SMILES string of the molecule is CCNC(=NCc1ccc(N2CCCCCC2)nc1)NCCCOCC1CC1. The zero-order chi connectivity index (χ0) is 19.4. The fraction of sp³-hybridized carbons (Fsp3) is 0.727. The maximum absolute atomic E-state index is 5.69. The fourth-order valence-electron chi connectivity index (χ4n) is 3.42. The highest BCUT2D eigenvalue weighted by Gasteiger charge is 2.20. The number of hydrogen-bond donors (Lipinski definition) is 2. The van der Waals surface area contributed by atoms with Gasteiger partial charge >= 0.3 is 0 Å². The molecule has 0 bridgehead atoms. The van der Waals surface area contributed by atoms with Crippen molar-refractivity contribution in [2.24, 2.45) is 10.9 Å². The summed E-state index contributed by atoms with van der Waals surface area (Å²) in [6, 6.07) is 4.31. The van der Waals surface area contributed by atoms with Crippen LogP contribution in [-0.2, 0) is 11.3 Å². The van der Waals surface area contributed by atoms with Crippen molar-refractivity contribution in [3.05, 3.63) is 23.9 Å². The molecule has 28 heavy (non-hydrogen) atoms. The number of nitrogens with zero attached hydrogens (tertiary/aromatic N) is 3. The molecule has 2 N–H and O–H groups in total. The Bertz CT molecular complexity index is 577. The molecular weight excluding hydrogens is 350 g/mol. The average molecular weight is 388 g/mol. The van der Waals surface area contributed by atoms with Crippen molar-refractivity contribution in [2.45, 2.75) is 58.4 Å². The molecule has 1 saturated carbocycles. The van der Waals surface area contributed by atoms with Crippen LogP contribution in [0.25, 0.3) is 0 Å². The van der Waals surface area contributed by atoms with E-state index in [4.69, 9.17) is 9.73 Å². The van der Waals surface area contributed by atoms with Gasteiger partial charge in [0.05, 0.1) is 6.54 Å². The van der Waals surface area contributed by atoms with Crippen LogP contribution in [0, 0.1) is 5.92 Å². The molecule has 0 atom stereocenters. The monoisotopic (exact) mass is 387 g/mol. The van der Waals surface area contributed by atoms with E-state index in [1.165, 1.54) is 38.5 Å².